The van der Waals surface area contributed by atoms with Crippen molar-refractivity contribution in [3.05, 3.63) is 52.6 Å². The Morgan fingerprint density at radius 2 is 2.05 bits per heavy atom. The summed E-state index contributed by atoms with van der Waals surface area (Å²) in [6.07, 6.45) is 3.75. The van der Waals surface area contributed by atoms with E-state index in [1.807, 2.05) is 12.1 Å². The van der Waals surface area contributed by atoms with E-state index in [2.05, 4.69) is 20.6 Å². The number of methoxy groups -OCH3 is 1. The highest BCUT2D eigenvalue weighted by Crippen LogP contribution is 2.46. The molecule has 0 aromatic carbocycles. The molecule has 6 heterocycles. The maximum atomic E-state index is 12.7. The fourth-order valence-corrected chi connectivity index (χ4v) is 5.55. The molecule has 1 atom stereocenters. The van der Waals surface area contributed by atoms with Gasteiger partial charge in [-0.2, -0.15) is 0 Å². The third-order valence-corrected chi connectivity index (χ3v) is 7.88. The molecular formula is C26H29N5O6. The van der Waals surface area contributed by atoms with Gasteiger partial charge in [0.25, 0.3) is 11.5 Å². The summed E-state index contributed by atoms with van der Waals surface area (Å²) in [4.78, 5) is 33.2. The molecule has 11 nitrogen and oxygen atoms in total. The predicted octanol–water partition coefficient (Wildman–Crippen LogP) is 1.36. The van der Waals surface area contributed by atoms with Gasteiger partial charge in [0.2, 0.25) is 0 Å². The molecule has 4 aliphatic rings. The molecular weight excluding hydrogens is 478 g/mol. The number of aliphatic hydroxyl groups excluding tert-OH is 1. The van der Waals surface area contributed by atoms with Crippen LogP contribution in [0.4, 0.5) is 5.82 Å². The number of amides is 1. The number of fused-ring (bicyclic) bond motifs is 5. The maximum absolute atomic E-state index is 12.7. The van der Waals surface area contributed by atoms with Gasteiger partial charge in [-0.1, -0.05) is 0 Å². The van der Waals surface area contributed by atoms with E-state index in [4.69, 9.17) is 14.2 Å². The number of nitrogens with zero attached hydrogens (tertiary/aromatic N) is 3. The molecule has 11 heteroatoms. The van der Waals surface area contributed by atoms with Crippen LogP contribution in [0.5, 0.6) is 11.5 Å². The fraction of sp³-hybridized carbons (Fsp3) is 0.462. The minimum absolute atomic E-state index is 0.000537. The maximum Gasteiger partial charge on any atom is 0.263 e. The number of carbonyl (C=O) groups excluding carboxylic acids is 1. The van der Waals surface area contributed by atoms with Gasteiger partial charge in [0, 0.05) is 24.2 Å². The standard InChI is InChI=1S/C26H29N5O6/c1-35-17-10-19-18(27-12-17)3-5-23(34)31(19)13-21(32)26-8-6-25(7-9-26,15-37-26)28-11-16-2-4-20-24(29-16)30-22(33)14-36-20/h2-5,10,12,21,28,32H,6-9,11,13-15H2,1H3,(H,29,30,33). The average Bonchev–Trinajstić information content (AvgIpc) is 2.94. The predicted molar refractivity (Wildman–Crippen MR) is 134 cm³/mol. The van der Waals surface area contributed by atoms with Crippen LogP contribution in [0.3, 0.4) is 0 Å². The molecule has 0 radical (unpaired) electrons. The highest BCUT2D eigenvalue weighted by Gasteiger charge is 2.53. The first kappa shape index (κ1) is 23.8. The van der Waals surface area contributed by atoms with Gasteiger partial charge in [-0.05, 0) is 43.9 Å². The summed E-state index contributed by atoms with van der Waals surface area (Å²) in [5, 5.41) is 17.7. The number of aliphatic hydroxyl groups is 1. The molecule has 3 N–H and O–H groups in total. The normalized spacial score (nSPS) is 25.3. The number of ether oxygens (including phenoxy) is 3. The molecule has 194 valence electrons. The number of rotatable bonds is 7. The SMILES string of the molecule is COc1cnc2ccc(=O)n(CC(O)C34CCC(NCc5ccc6c(n5)NC(=O)CO6)(CC3)CO4)c2c1. The van der Waals surface area contributed by atoms with Gasteiger partial charge in [-0.25, -0.2) is 4.98 Å². The lowest BCUT2D eigenvalue weighted by molar-refractivity contribution is -0.211. The van der Waals surface area contributed by atoms with E-state index in [0.29, 0.717) is 54.3 Å². The van der Waals surface area contributed by atoms with Crippen LogP contribution in [0.2, 0.25) is 0 Å². The largest absolute Gasteiger partial charge is 0.495 e. The Morgan fingerprint density at radius 1 is 1.22 bits per heavy atom. The number of anilines is 1. The molecule has 0 spiro atoms. The first-order chi connectivity index (χ1) is 17.9. The summed E-state index contributed by atoms with van der Waals surface area (Å²) in [5.41, 5.74) is 0.933. The molecule has 7 rings (SSSR count). The summed E-state index contributed by atoms with van der Waals surface area (Å²) in [6, 6.07) is 8.60. The Hall–Kier alpha value is -3.54. The Morgan fingerprint density at radius 3 is 2.81 bits per heavy atom. The number of hydrogen-bond acceptors (Lipinski definition) is 9. The van der Waals surface area contributed by atoms with Gasteiger partial charge in [0.15, 0.2) is 18.2 Å². The van der Waals surface area contributed by atoms with Gasteiger partial charge in [0.05, 0.1) is 48.8 Å². The van der Waals surface area contributed by atoms with Crippen LogP contribution in [-0.4, -0.2) is 63.1 Å². The molecule has 3 aliphatic heterocycles. The van der Waals surface area contributed by atoms with E-state index < -0.39 is 11.7 Å². The van der Waals surface area contributed by atoms with Crippen molar-refractivity contribution in [1.29, 1.82) is 0 Å². The lowest BCUT2D eigenvalue weighted by Crippen LogP contribution is -2.65. The molecule has 2 saturated heterocycles. The summed E-state index contributed by atoms with van der Waals surface area (Å²) < 4.78 is 18.5. The zero-order chi connectivity index (χ0) is 25.6. The van der Waals surface area contributed by atoms with E-state index in [1.165, 1.54) is 6.07 Å². The van der Waals surface area contributed by atoms with Gasteiger partial charge >= 0.3 is 0 Å². The number of nitrogens with one attached hydrogen (secondary N) is 2. The van der Waals surface area contributed by atoms with Gasteiger partial charge in [0.1, 0.15) is 11.9 Å². The highest BCUT2D eigenvalue weighted by atomic mass is 16.5. The molecule has 1 amide bonds. The van der Waals surface area contributed by atoms with Crippen molar-refractivity contribution < 1.29 is 24.1 Å². The second-order valence-electron chi connectivity index (χ2n) is 10.1. The third-order valence-electron chi connectivity index (χ3n) is 7.88. The molecule has 1 saturated carbocycles. The zero-order valence-electron chi connectivity index (χ0n) is 20.5. The molecule has 3 aromatic heterocycles. The topological polar surface area (TPSA) is 137 Å². The number of carbonyl (C=O) groups is 1. The molecule has 1 unspecified atom stereocenters. The Balaban J connectivity index is 1.13. The van der Waals surface area contributed by atoms with Crippen molar-refractivity contribution in [3.63, 3.8) is 0 Å². The number of hydrogen-bond donors (Lipinski definition) is 3. The average molecular weight is 508 g/mol. The first-order valence-electron chi connectivity index (χ1n) is 12.4. The molecule has 3 aromatic rings. The first-order valence-corrected chi connectivity index (χ1v) is 12.4. The highest BCUT2D eigenvalue weighted by molar-refractivity contribution is 5.94. The zero-order valence-corrected chi connectivity index (χ0v) is 20.5. The Kier molecular flexibility index (Phi) is 5.85. The second kappa shape index (κ2) is 9.09. The summed E-state index contributed by atoms with van der Waals surface area (Å²) >= 11 is 0. The second-order valence-corrected chi connectivity index (χ2v) is 10.1. The van der Waals surface area contributed by atoms with Crippen LogP contribution in [0.1, 0.15) is 31.4 Å². The van der Waals surface area contributed by atoms with Crippen LogP contribution < -0.4 is 25.7 Å². The van der Waals surface area contributed by atoms with Crippen molar-refractivity contribution in [1.82, 2.24) is 19.9 Å². The summed E-state index contributed by atoms with van der Waals surface area (Å²) in [6.45, 7) is 1.08. The van der Waals surface area contributed by atoms with Crippen LogP contribution in [-0.2, 0) is 22.6 Å². The van der Waals surface area contributed by atoms with Gasteiger partial charge in [-0.3, -0.25) is 14.6 Å². The van der Waals surface area contributed by atoms with Crippen LogP contribution in [0.15, 0.2) is 41.3 Å². The third kappa shape index (κ3) is 4.32. The Bertz CT molecular complexity index is 1400. The van der Waals surface area contributed by atoms with Crippen molar-refractivity contribution >= 4 is 22.8 Å². The van der Waals surface area contributed by atoms with Crippen LogP contribution >= 0.6 is 0 Å². The lowest BCUT2D eigenvalue weighted by atomic mass is 9.69. The van der Waals surface area contributed by atoms with E-state index in [9.17, 15) is 14.7 Å². The van der Waals surface area contributed by atoms with E-state index in [0.717, 1.165) is 18.5 Å². The lowest BCUT2D eigenvalue weighted by Gasteiger charge is -2.55. The van der Waals surface area contributed by atoms with Gasteiger partial charge < -0.3 is 34.5 Å². The van der Waals surface area contributed by atoms with E-state index in [-0.39, 0.29) is 30.2 Å². The minimum Gasteiger partial charge on any atom is -0.495 e. The van der Waals surface area contributed by atoms with Gasteiger partial charge in [-0.15, -0.1) is 0 Å². The van der Waals surface area contributed by atoms with Crippen LogP contribution in [0, 0.1) is 0 Å². The van der Waals surface area contributed by atoms with Crippen molar-refractivity contribution in [2.75, 3.05) is 25.6 Å². The van der Waals surface area contributed by atoms with Crippen molar-refractivity contribution in [2.45, 2.75) is 56.0 Å². The van der Waals surface area contributed by atoms with E-state index in [1.54, 1.807) is 30.0 Å². The summed E-state index contributed by atoms with van der Waals surface area (Å²) in [7, 11) is 1.55. The minimum atomic E-state index is -0.855. The van der Waals surface area contributed by atoms with E-state index >= 15 is 0 Å². The monoisotopic (exact) mass is 507 g/mol. The summed E-state index contributed by atoms with van der Waals surface area (Å²) in [5.74, 6) is 1.34. The smallest absolute Gasteiger partial charge is 0.263 e. The quantitative estimate of drug-likeness (QED) is 0.433. The fourth-order valence-electron chi connectivity index (χ4n) is 5.55. The molecule has 2 bridgehead atoms. The van der Waals surface area contributed by atoms with Crippen LogP contribution in [0.25, 0.3) is 11.0 Å². The number of pyridine rings is 3. The van der Waals surface area contributed by atoms with Crippen molar-refractivity contribution in [2.24, 2.45) is 0 Å². The Labute approximate surface area is 212 Å². The van der Waals surface area contributed by atoms with Crippen molar-refractivity contribution in [3.8, 4) is 11.5 Å². The number of aromatic nitrogens is 3. The molecule has 37 heavy (non-hydrogen) atoms. The molecule has 1 aliphatic carbocycles. The molecule has 3 fully saturated rings.